The number of hydrogen-bond donors (Lipinski definition) is 1. The summed E-state index contributed by atoms with van der Waals surface area (Å²) in [7, 11) is 0. The second kappa shape index (κ2) is 8.74. The summed E-state index contributed by atoms with van der Waals surface area (Å²) in [5, 5.41) is 4.11. The summed E-state index contributed by atoms with van der Waals surface area (Å²) in [6, 6.07) is 5.22. The van der Waals surface area contributed by atoms with Gasteiger partial charge in [-0.1, -0.05) is 46.8 Å². The molecule has 1 amide bonds. The van der Waals surface area contributed by atoms with Gasteiger partial charge >= 0.3 is 0 Å². The Morgan fingerprint density at radius 3 is 2.76 bits per heavy atom. The van der Waals surface area contributed by atoms with Crippen LogP contribution in [0.15, 0.2) is 33.9 Å². The molecule has 0 aromatic heterocycles. The summed E-state index contributed by atoms with van der Waals surface area (Å²) >= 11 is 17.7. The Morgan fingerprint density at radius 1 is 1.48 bits per heavy atom. The molecule has 1 aromatic carbocycles. The summed E-state index contributed by atoms with van der Waals surface area (Å²) in [4.78, 5) is 15.8. The maximum Gasteiger partial charge on any atom is 0.271 e. The Bertz CT molecular complexity index is 626. The Kier molecular flexibility index (Phi) is 7.31. The minimum Gasteiger partial charge on any atom is -0.350 e. The number of hydrogen-bond acceptors (Lipinski definition) is 2. The van der Waals surface area contributed by atoms with Crippen LogP contribution in [0.4, 0.5) is 0 Å². The Morgan fingerprint density at radius 2 is 2.19 bits per heavy atom. The fourth-order valence-electron chi connectivity index (χ4n) is 1.52. The molecule has 0 unspecified atom stereocenters. The molecule has 0 saturated heterocycles. The number of allylic oxidation sites excluding steroid dienone is 1. The highest BCUT2D eigenvalue weighted by atomic mass is 35.5. The van der Waals surface area contributed by atoms with Gasteiger partial charge in [0.05, 0.1) is 6.21 Å². The van der Waals surface area contributed by atoms with Gasteiger partial charge in [-0.2, -0.15) is 0 Å². The molecule has 0 fully saturated rings. The van der Waals surface area contributed by atoms with Crippen LogP contribution in [0.5, 0.6) is 0 Å². The molecule has 0 heterocycles. The number of nitrogens with one attached hydrogen (secondary N) is 1. The molecule has 0 spiro atoms. The van der Waals surface area contributed by atoms with Gasteiger partial charge in [0, 0.05) is 21.6 Å². The van der Waals surface area contributed by atoms with E-state index >= 15 is 0 Å². The van der Waals surface area contributed by atoms with Gasteiger partial charge in [-0.3, -0.25) is 4.79 Å². The van der Waals surface area contributed by atoms with Crippen LogP contribution in [0, 0.1) is 12.3 Å². The molecule has 0 radical (unpaired) electrons. The first-order valence-corrected chi connectivity index (χ1v) is 7.16. The molecule has 1 rings (SSSR count). The first-order chi connectivity index (χ1) is 9.95. The van der Waals surface area contributed by atoms with Crippen molar-refractivity contribution in [3.05, 3.63) is 44.5 Å². The van der Waals surface area contributed by atoms with Crippen molar-refractivity contribution < 1.29 is 4.79 Å². The van der Waals surface area contributed by atoms with Crippen molar-refractivity contribution >= 4 is 46.9 Å². The molecule has 6 heteroatoms. The van der Waals surface area contributed by atoms with Gasteiger partial charge < -0.3 is 5.32 Å². The number of amides is 1. The van der Waals surface area contributed by atoms with Crippen molar-refractivity contribution in [1.29, 1.82) is 0 Å². The van der Waals surface area contributed by atoms with E-state index in [1.807, 2.05) is 6.07 Å². The molecule has 0 bridgehead atoms. The second-order valence-electron chi connectivity index (χ2n) is 4.05. The fraction of sp³-hybridized carbons (Fsp3) is 0.200. The molecular weight excluding hydrogens is 331 g/mol. The zero-order valence-corrected chi connectivity index (χ0v) is 13.6. The van der Waals surface area contributed by atoms with Crippen LogP contribution in [-0.2, 0) is 11.2 Å². The number of terminal acetylenes is 1. The zero-order valence-electron chi connectivity index (χ0n) is 11.3. The van der Waals surface area contributed by atoms with E-state index in [9.17, 15) is 4.79 Å². The molecule has 0 aliphatic carbocycles. The lowest BCUT2D eigenvalue weighted by Gasteiger charge is -2.07. The van der Waals surface area contributed by atoms with Gasteiger partial charge in [0.25, 0.3) is 5.91 Å². The van der Waals surface area contributed by atoms with E-state index in [1.165, 1.54) is 6.21 Å². The lowest BCUT2D eigenvalue weighted by atomic mass is 10.1. The number of nitrogens with zero attached hydrogens (tertiary/aromatic N) is 1. The van der Waals surface area contributed by atoms with Crippen LogP contribution < -0.4 is 5.32 Å². The van der Waals surface area contributed by atoms with Gasteiger partial charge in [-0.15, -0.1) is 6.42 Å². The minimum absolute atomic E-state index is 0.0943. The van der Waals surface area contributed by atoms with Crippen LogP contribution in [0.25, 0.3) is 0 Å². The molecule has 3 nitrogen and oxygen atoms in total. The first kappa shape index (κ1) is 17.6. The van der Waals surface area contributed by atoms with Gasteiger partial charge in [-0.05, 0) is 31.0 Å². The summed E-state index contributed by atoms with van der Waals surface area (Å²) in [5.41, 5.74) is 0.985. The van der Waals surface area contributed by atoms with Crippen LogP contribution >= 0.6 is 34.8 Å². The van der Waals surface area contributed by atoms with Crippen molar-refractivity contribution in [3.63, 3.8) is 0 Å². The summed E-state index contributed by atoms with van der Waals surface area (Å²) in [6.07, 6.45) is 6.80. The van der Waals surface area contributed by atoms with E-state index in [1.54, 1.807) is 19.1 Å². The van der Waals surface area contributed by atoms with Gasteiger partial charge in [0.15, 0.2) is 0 Å². The summed E-state index contributed by atoms with van der Waals surface area (Å²) < 4.78 is 0. The fourth-order valence-corrected chi connectivity index (χ4v) is 2.16. The molecule has 110 valence electrons. The number of carbonyl (C=O) groups excluding carboxylic acids is 1. The summed E-state index contributed by atoms with van der Waals surface area (Å²) in [6.45, 7) is 1.96. The highest BCUT2D eigenvalue weighted by molar-refractivity contribution is 6.35. The highest BCUT2D eigenvalue weighted by Gasteiger charge is 2.10. The minimum atomic E-state index is -0.390. The van der Waals surface area contributed by atoms with Crippen LogP contribution in [-0.4, -0.2) is 18.7 Å². The maximum absolute atomic E-state index is 11.9. The maximum atomic E-state index is 11.9. The number of aliphatic imine (C=N–C) groups is 1. The van der Waals surface area contributed by atoms with Crippen molar-refractivity contribution in [3.8, 4) is 12.3 Å². The van der Waals surface area contributed by atoms with Crippen LogP contribution in [0.2, 0.25) is 10.0 Å². The second-order valence-corrected chi connectivity index (χ2v) is 5.46. The van der Waals surface area contributed by atoms with Crippen LogP contribution in [0.1, 0.15) is 12.5 Å². The molecule has 0 aliphatic heterocycles. The van der Waals surface area contributed by atoms with E-state index in [2.05, 4.69) is 16.2 Å². The highest BCUT2D eigenvalue weighted by Crippen LogP contribution is 2.21. The van der Waals surface area contributed by atoms with Gasteiger partial charge in [0.2, 0.25) is 0 Å². The van der Waals surface area contributed by atoms with Gasteiger partial charge in [0.1, 0.15) is 5.70 Å². The van der Waals surface area contributed by atoms with Crippen molar-refractivity contribution in [2.45, 2.75) is 13.3 Å². The Balaban J connectivity index is 2.63. The number of halogens is 3. The average molecular weight is 344 g/mol. The monoisotopic (exact) mass is 342 g/mol. The average Bonchev–Trinajstić information content (AvgIpc) is 2.41. The number of rotatable bonds is 5. The molecule has 1 aromatic rings. The van der Waals surface area contributed by atoms with E-state index in [0.717, 1.165) is 5.56 Å². The topological polar surface area (TPSA) is 41.5 Å². The smallest absolute Gasteiger partial charge is 0.271 e. The normalized spacial score (nSPS) is 12.0. The molecular formula is C15H13Cl3N2O. The number of benzene rings is 1. The zero-order chi connectivity index (χ0) is 15.8. The molecule has 21 heavy (non-hydrogen) atoms. The lowest BCUT2D eigenvalue weighted by molar-refractivity contribution is -0.117. The summed E-state index contributed by atoms with van der Waals surface area (Å²) in [5.74, 6) is 1.82. The number of carbonyl (C=O) groups is 1. The van der Waals surface area contributed by atoms with E-state index in [4.69, 9.17) is 41.2 Å². The van der Waals surface area contributed by atoms with Crippen molar-refractivity contribution in [2.24, 2.45) is 4.99 Å². The SMILES string of the molecule is C#C/C=N\C(C(=O)NCCc1ccc(Cl)cc1Cl)=C(/C)Cl. The lowest BCUT2D eigenvalue weighted by Crippen LogP contribution is -2.27. The Hall–Kier alpha value is -1.47. The predicted octanol–water partition coefficient (Wildman–Crippen LogP) is 3.83. The molecule has 0 atom stereocenters. The first-order valence-electron chi connectivity index (χ1n) is 6.03. The predicted molar refractivity (Wildman–Crippen MR) is 89.1 cm³/mol. The standard InChI is InChI=1S/C15H13Cl3N2O/c1-3-7-19-14(10(2)16)15(21)20-8-6-11-4-5-12(17)9-13(11)18/h1,4-5,7,9H,6,8H2,2H3,(H,20,21)/b14-10+,19-7-. The van der Waals surface area contributed by atoms with Crippen molar-refractivity contribution in [2.75, 3.05) is 6.54 Å². The third-order valence-corrected chi connectivity index (χ3v) is 3.27. The molecule has 0 aliphatic rings. The largest absolute Gasteiger partial charge is 0.350 e. The Labute approximate surface area is 139 Å². The third-order valence-electron chi connectivity index (χ3n) is 2.50. The van der Waals surface area contributed by atoms with Crippen LogP contribution in [0.3, 0.4) is 0 Å². The quantitative estimate of drug-likeness (QED) is 0.493. The van der Waals surface area contributed by atoms with E-state index < -0.39 is 0 Å². The molecule has 0 saturated carbocycles. The third kappa shape index (κ3) is 5.81. The molecule has 1 N–H and O–H groups in total. The van der Waals surface area contributed by atoms with E-state index in [-0.39, 0.29) is 16.6 Å². The van der Waals surface area contributed by atoms with Crippen molar-refractivity contribution in [1.82, 2.24) is 5.32 Å². The van der Waals surface area contributed by atoms with E-state index in [0.29, 0.717) is 23.0 Å². The van der Waals surface area contributed by atoms with Gasteiger partial charge in [-0.25, -0.2) is 4.99 Å².